The summed E-state index contributed by atoms with van der Waals surface area (Å²) in [5.41, 5.74) is 0. The Hall–Kier alpha value is -1.05. The number of nitrogens with one attached hydrogen (secondary N) is 2. The van der Waals surface area contributed by atoms with E-state index in [1.165, 1.54) is 0 Å². The maximum Gasteiger partial charge on any atom is 0.237 e. The third-order valence-corrected chi connectivity index (χ3v) is 1.76. The Labute approximate surface area is 91.8 Å². The fourth-order valence-corrected chi connectivity index (χ4v) is 0.954. The molecule has 15 heavy (non-hydrogen) atoms. The van der Waals surface area contributed by atoms with Gasteiger partial charge in [-0.3, -0.25) is 4.79 Å². The van der Waals surface area contributed by atoms with Gasteiger partial charge in [0.2, 0.25) is 5.91 Å². The molecule has 0 aliphatic rings. The average molecular weight is 212 g/mol. The molecule has 0 aliphatic carbocycles. The quantitative estimate of drug-likeness (QED) is 0.466. The van der Waals surface area contributed by atoms with E-state index >= 15 is 0 Å². The molecular formula is C11H20N2O2. The largest absolute Gasteiger partial charge is 0.377 e. The van der Waals surface area contributed by atoms with Gasteiger partial charge < -0.3 is 15.4 Å². The van der Waals surface area contributed by atoms with Crippen molar-refractivity contribution in [1.82, 2.24) is 10.6 Å². The highest BCUT2D eigenvalue weighted by molar-refractivity contribution is 5.81. The van der Waals surface area contributed by atoms with E-state index in [-0.39, 0.29) is 24.6 Å². The summed E-state index contributed by atoms with van der Waals surface area (Å²) in [6, 6.07) is -0.242. The van der Waals surface area contributed by atoms with Crippen LogP contribution in [0.15, 0.2) is 0 Å². The molecule has 0 spiro atoms. The second-order valence-corrected chi connectivity index (χ2v) is 3.52. The fraction of sp³-hybridized carbons (Fsp3) is 0.727. The van der Waals surface area contributed by atoms with Crippen LogP contribution < -0.4 is 10.6 Å². The molecule has 0 aromatic rings. The Balaban J connectivity index is 3.52. The molecule has 0 fully saturated rings. The standard InChI is InChI=1S/C11H20N2O2/c1-5-6-13-11(14)10(4)12-7-8-15-9(2)3/h1,9-10,12H,6-8H2,2-4H3,(H,13,14). The number of ether oxygens (including phenoxy) is 1. The highest BCUT2D eigenvalue weighted by atomic mass is 16.5. The molecular weight excluding hydrogens is 192 g/mol. The predicted molar refractivity (Wildman–Crippen MR) is 60.4 cm³/mol. The maximum atomic E-state index is 11.3. The van der Waals surface area contributed by atoms with Gasteiger partial charge in [0.15, 0.2) is 0 Å². The van der Waals surface area contributed by atoms with Gasteiger partial charge in [-0.05, 0) is 20.8 Å². The zero-order chi connectivity index (χ0) is 11.7. The van der Waals surface area contributed by atoms with Gasteiger partial charge in [-0.2, -0.15) is 0 Å². The van der Waals surface area contributed by atoms with Crippen LogP contribution >= 0.6 is 0 Å². The predicted octanol–water partition coefficient (Wildman–Crippen LogP) is 0.139. The van der Waals surface area contributed by atoms with E-state index in [4.69, 9.17) is 11.2 Å². The first-order valence-corrected chi connectivity index (χ1v) is 5.14. The van der Waals surface area contributed by atoms with Crippen molar-refractivity contribution in [2.75, 3.05) is 19.7 Å². The Morgan fingerprint density at radius 3 is 2.67 bits per heavy atom. The molecule has 0 radical (unpaired) electrons. The summed E-state index contributed by atoms with van der Waals surface area (Å²) >= 11 is 0. The van der Waals surface area contributed by atoms with Crippen molar-refractivity contribution >= 4 is 5.91 Å². The molecule has 4 nitrogen and oxygen atoms in total. The molecule has 1 unspecified atom stereocenters. The normalized spacial score (nSPS) is 12.2. The van der Waals surface area contributed by atoms with Crippen LogP contribution in [0.3, 0.4) is 0 Å². The number of amides is 1. The summed E-state index contributed by atoms with van der Waals surface area (Å²) in [4.78, 5) is 11.3. The van der Waals surface area contributed by atoms with Crippen LogP contribution in [0.4, 0.5) is 0 Å². The number of hydrogen-bond donors (Lipinski definition) is 2. The van der Waals surface area contributed by atoms with E-state index in [0.717, 1.165) is 0 Å². The SMILES string of the molecule is C#CCNC(=O)C(C)NCCOC(C)C. The van der Waals surface area contributed by atoms with Gasteiger partial charge in [0.25, 0.3) is 0 Å². The number of terminal acetylenes is 1. The number of carbonyl (C=O) groups is 1. The summed E-state index contributed by atoms with van der Waals surface area (Å²) in [6.45, 7) is 7.27. The zero-order valence-corrected chi connectivity index (χ0v) is 9.67. The molecule has 0 saturated heterocycles. The second-order valence-electron chi connectivity index (χ2n) is 3.52. The van der Waals surface area contributed by atoms with E-state index in [2.05, 4.69) is 16.6 Å². The van der Waals surface area contributed by atoms with Crippen molar-refractivity contribution in [3.8, 4) is 12.3 Å². The topological polar surface area (TPSA) is 50.4 Å². The van der Waals surface area contributed by atoms with Gasteiger partial charge in [0.05, 0.1) is 25.3 Å². The van der Waals surface area contributed by atoms with E-state index in [0.29, 0.717) is 13.2 Å². The van der Waals surface area contributed by atoms with Crippen LogP contribution in [0.2, 0.25) is 0 Å². The minimum absolute atomic E-state index is 0.0857. The zero-order valence-electron chi connectivity index (χ0n) is 9.67. The van der Waals surface area contributed by atoms with Gasteiger partial charge >= 0.3 is 0 Å². The van der Waals surface area contributed by atoms with Crippen molar-refractivity contribution in [1.29, 1.82) is 0 Å². The lowest BCUT2D eigenvalue weighted by Gasteiger charge is -2.13. The molecule has 0 saturated carbocycles. The molecule has 0 bridgehead atoms. The van der Waals surface area contributed by atoms with Crippen LogP contribution in [-0.4, -0.2) is 37.7 Å². The average Bonchev–Trinajstić information content (AvgIpc) is 2.20. The Bertz CT molecular complexity index is 221. The van der Waals surface area contributed by atoms with Crippen LogP contribution in [-0.2, 0) is 9.53 Å². The maximum absolute atomic E-state index is 11.3. The van der Waals surface area contributed by atoms with Crippen LogP contribution in [0.25, 0.3) is 0 Å². The van der Waals surface area contributed by atoms with E-state index < -0.39 is 0 Å². The van der Waals surface area contributed by atoms with E-state index in [1.54, 1.807) is 6.92 Å². The summed E-state index contributed by atoms with van der Waals surface area (Å²) < 4.78 is 5.33. The van der Waals surface area contributed by atoms with Crippen molar-refractivity contribution in [3.05, 3.63) is 0 Å². The van der Waals surface area contributed by atoms with Gasteiger partial charge in [-0.15, -0.1) is 6.42 Å². The van der Waals surface area contributed by atoms with Crippen molar-refractivity contribution < 1.29 is 9.53 Å². The Morgan fingerprint density at radius 2 is 2.13 bits per heavy atom. The van der Waals surface area contributed by atoms with Crippen LogP contribution in [0.5, 0.6) is 0 Å². The lowest BCUT2D eigenvalue weighted by molar-refractivity contribution is -0.122. The summed E-state index contributed by atoms with van der Waals surface area (Å²) in [5.74, 6) is 2.27. The van der Waals surface area contributed by atoms with Crippen molar-refractivity contribution in [2.24, 2.45) is 0 Å². The molecule has 0 aliphatic heterocycles. The van der Waals surface area contributed by atoms with Gasteiger partial charge in [-0.1, -0.05) is 5.92 Å². The molecule has 0 aromatic carbocycles. The molecule has 0 rings (SSSR count). The first kappa shape index (κ1) is 13.9. The second kappa shape index (κ2) is 8.27. The van der Waals surface area contributed by atoms with Gasteiger partial charge in [-0.25, -0.2) is 0 Å². The molecule has 1 atom stereocenters. The Morgan fingerprint density at radius 1 is 1.47 bits per heavy atom. The highest BCUT2D eigenvalue weighted by Crippen LogP contribution is 1.86. The van der Waals surface area contributed by atoms with Gasteiger partial charge in [0, 0.05) is 6.54 Å². The number of carbonyl (C=O) groups excluding carboxylic acids is 1. The van der Waals surface area contributed by atoms with Gasteiger partial charge in [0.1, 0.15) is 0 Å². The highest BCUT2D eigenvalue weighted by Gasteiger charge is 2.10. The van der Waals surface area contributed by atoms with Crippen molar-refractivity contribution in [3.63, 3.8) is 0 Å². The summed E-state index contributed by atoms with van der Waals surface area (Å²) in [7, 11) is 0. The molecule has 2 N–H and O–H groups in total. The molecule has 0 aromatic heterocycles. The van der Waals surface area contributed by atoms with Crippen molar-refractivity contribution in [2.45, 2.75) is 32.9 Å². The summed E-state index contributed by atoms with van der Waals surface area (Å²) in [5, 5.41) is 5.64. The summed E-state index contributed by atoms with van der Waals surface area (Å²) in [6.07, 6.45) is 5.25. The van der Waals surface area contributed by atoms with Crippen LogP contribution in [0.1, 0.15) is 20.8 Å². The molecule has 86 valence electrons. The fourth-order valence-electron chi connectivity index (χ4n) is 0.954. The van der Waals surface area contributed by atoms with Crippen LogP contribution in [0, 0.1) is 12.3 Å². The molecule has 0 heterocycles. The third kappa shape index (κ3) is 7.98. The molecule has 4 heteroatoms. The lowest BCUT2D eigenvalue weighted by Crippen LogP contribution is -2.43. The lowest BCUT2D eigenvalue weighted by atomic mass is 10.3. The van der Waals surface area contributed by atoms with E-state index in [9.17, 15) is 4.79 Å². The minimum Gasteiger partial charge on any atom is -0.377 e. The monoisotopic (exact) mass is 212 g/mol. The molecule has 1 amide bonds. The van der Waals surface area contributed by atoms with E-state index in [1.807, 2.05) is 13.8 Å². The third-order valence-electron chi connectivity index (χ3n) is 1.76. The number of hydrogen-bond acceptors (Lipinski definition) is 3. The minimum atomic E-state index is -0.242. The first-order chi connectivity index (χ1) is 7.07. The Kier molecular flexibility index (Phi) is 7.69. The smallest absolute Gasteiger partial charge is 0.237 e. The first-order valence-electron chi connectivity index (χ1n) is 5.14. The number of rotatable bonds is 7.